The monoisotopic (exact) mass is 440 g/mol. The molecule has 0 saturated heterocycles. The molecule has 3 rings (SSSR count). The van der Waals surface area contributed by atoms with Crippen LogP contribution in [0, 0.1) is 0 Å². The third kappa shape index (κ3) is 5.07. The van der Waals surface area contributed by atoms with E-state index in [1.165, 1.54) is 21.3 Å². The van der Waals surface area contributed by atoms with Crippen LogP contribution in [-0.4, -0.2) is 33.1 Å². The Morgan fingerprint density at radius 3 is 1.94 bits per heavy atom. The second-order valence-electron chi connectivity index (χ2n) is 6.38. The number of benzene rings is 3. The molecule has 8 heteroatoms. The van der Waals surface area contributed by atoms with Gasteiger partial charge in [-0.25, -0.2) is 0 Å². The van der Waals surface area contributed by atoms with Gasteiger partial charge in [-0.3, -0.25) is 9.59 Å². The first kappa shape index (κ1) is 22.0. The second kappa shape index (κ2) is 9.86. The van der Waals surface area contributed by atoms with E-state index in [1.807, 2.05) is 6.07 Å². The van der Waals surface area contributed by atoms with E-state index in [0.717, 1.165) is 0 Å². The highest BCUT2D eigenvalue weighted by molar-refractivity contribution is 6.34. The molecule has 2 N–H and O–H groups in total. The van der Waals surface area contributed by atoms with Gasteiger partial charge in [-0.05, 0) is 42.5 Å². The lowest BCUT2D eigenvalue weighted by Gasteiger charge is -2.14. The fourth-order valence-corrected chi connectivity index (χ4v) is 3.06. The summed E-state index contributed by atoms with van der Waals surface area (Å²) in [6, 6.07) is 16.6. The van der Waals surface area contributed by atoms with Gasteiger partial charge in [0.25, 0.3) is 11.8 Å². The summed E-state index contributed by atoms with van der Waals surface area (Å²) in [5.74, 6) is 0.398. The van der Waals surface area contributed by atoms with E-state index in [0.29, 0.717) is 44.8 Å². The number of nitrogens with one attached hydrogen (secondary N) is 2. The Balaban J connectivity index is 1.82. The summed E-state index contributed by atoms with van der Waals surface area (Å²) >= 11 is 6.22. The van der Waals surface area contributed by atoms with Crippen molar-refractivity contribution in [2.45, 2.75) is 0 Å². The minimum Gasteiger partial charge on any atom is -0.493 e. The van der Waals surface area contributed by atoms with Crippen LogP contribution in [0.4, 0.5) is 11.4 Å². The first-order valence-corrected chi connectivity index (χ1v) is 9.62. The van der Waals surface area contributed by atoms with Crippen molar-refractivity contribution in [1.82, 2.24) is 0 Å². The molecule has 0 radical (unpaired) electrons. The first-order valence-electron chi connectivity index (χ1n) is 9.24. The number of carbonyl (C=O) groups is 2. The molecule has 0 saturated carbocycles. The van der Waals surface area contributed by atoms with E-state index in [1.54, 1.807) is 54.6 Å². The van der Waals surface area contributed by atoms with Gasteiger partial charge in [0, 0.05) is 16.8 Å². The van der Waals surface area contributed by atoms with Crippen molar-refractivity contribution in [3.05, 3.63) is 76.8 Å². The Bertz CT molecular complexity index is 1080. The zero-order valence-corrected chi connectivity index (χ0v) is 17.9. The summed E-state index contributed by atoms with van der Waals surface area (Å²) in [5.41, 5.74) is 1.62. The van der Waals surface area contributed by atoms with Gasteiger partial charge >= 0.3 is 0 Å². The predicted octanol–water partition coefficient (Wildman–Crippen LogP) is 4.87. The van der Waals surface area contributed by atoms with Crippen molar-refractivity contribution < 1.29 is 23.8 Å². The van der Waals surface area contributed by atoms with E-state index in [-0.39, 0.29) is 5.91 Å². The van der Waals surface area contributed by atoms with Crippen molar-refractivity contribution in [3.8, 4) is 17.2 Å². The van der Waals surface area contributed by atoms with Gasteiger partial charge < -0.3 is 24.8 Å². The topological polar surface area (TPSA) is 85.9 Å². The predicted molar refractivity (Wildman–Crippen MR) is 120 cm³/mol. The maximum atomic E-state index is 12.8. The summed E-state index contributed by atoms with van der Waals surface area (Å²) in [6.45, 7) is 0. The number of hydrogen-bond acceptors (Lipinski definition) is 5. The van der Waals surface area contributed by atoms with Crippen LogP contribution in [0.5, 0.6) is 17.2 Å². The molecule has 3 aromatic carbocycles. The smallest absolute Gasteiger partial charge is 0.255 e. The van der Waals surface area contributed by atoms with Gasteiger partial charge in [-0.15, -0.1) is 0 Å². The standard InChI is InChI=1S/C23H21ClN2O5/c1-29-19-11-15(12-20(30-2)21(19)31-3)23(28)25-16-9-10-17(24)18(13-16)26-22(27)14-7-5-4-6-8-14/h4-13H,1-3H3,(H,25,28)(H,26,27). The van der Waals surface area contributed by atoms with E-state index in [4.69, 9.17) is 25.8 Å². The number of hydrogen-bond donors (Lipinski definition) is 2. The summed E-state index contributed by atoms with van der Waals surface area (Å²) < 4.78 is 15.9. The molecule has 0 spiro atoms. The van der Waals surface area contributed by atoms with Crippen molar-refractivity contribution in [3.63, 3.8) is 0 Å². The molecular formula is C23H21ClN2O5. The lowest BCUT2D eigenvalue weighted by Crippen LogP contribution is -2.14. The SMILES string of the molecule is COc1cc(C(=O)Nc2ccc(Cl)c(NC(=O)c3ccccc3)c2)cc(OC)c1OC. The van der Waals surface area contributed by atoms with Gasteiger partial charge in [0.2, 0.25) is 5.75 Å². The molecule has 0 aliphatic carbocycles. The second-order valence-corrected chi connectivity index (χ2v) is 6.79. The highest BCUT2D eigenvalue weighted by atomic mass is 35.5. The lowest BCUT2D eigenvalue weighted by molar-refractivity contribution is 0.101. The Morgan fingerprint density at radius 2 is 1.35 bits per heavy atom. The molecule has 2 amide bonds. The van der Waals surface area contributed by atoms with Crippen molar-refractivity contribution in [2.24, 2.45) is 0 Å². The van der Waals surface area contributed by atoms with E-state index in [2.05, 4.69) is 10.6 Å². The number of rotatable bonds is 7. The van der Waals surface area contributed by atoms with Crippen molar-refractivity contribution in [2.75, 3.05) is 32.0 Å². The zero-order chi connectivity index (χ0) is 22.4. The van der Waals surface area contributed by atoms with Gasteiger partial charge in [0.1, 0.15) is 0 Å². The average molecular weight is 441 g/mol. The number of halogens is 1. The normalized spacial score (nSPS) is 10.2. The van der Waals surface area contributed by atoms with E-state index < -0.39 is 5.91 Å². The summed E-state index contributed by atoms with van der Waals surface area (Å²) in [7, 11) is 4.43. The Hall–Kier alpha value is -3.71. The molecule has 7 nitrogen and oxygen atoms in total. The molecule has 0 aliphatic heterocycles. The zero-order valence-electron chi connectivity index (χ0n) is 17.2. The van der Waals surface area contributed by atoms with Gasteiger partial charge in [-0.2, -0.15) is 0 Å². The first-order chi connectivity index (χ1) is 15.0. The van der Waals surface area contributed by atoms with E-state index >= 15 is 0 Å². The fraction of sp³-hybridized carbons (Fsp3) is 0.130. The van der Waals surface area contributed by atoms with Crippen LogP contribution < -0.4 is 24.8 Å². The number of amides is 2. The molecule has 0 heterocycles. The Morgan fingerprint density at radius 1 is 0.742 bits per heavy atom. The van der Waals surface area contributed by atoms with Crippen LogP contribution in [0.3, 0.4) is 0 Å². The van der Waals surface area contributed by atoms with Crippen LogP contribution in [-0.2, 0) is 0 Å². The lowest BCUT2D eigenvalue weighted by atomic mass is 10.1. The molecule has 0 fully saturated rings. The fourth-order valence-electron chi connectivity index (χ4n) is 2.90. The molecular weight excluding hydrogens is 420 g/mol. The number of ether oxygens (including phenoxy) is 3. The molecule has 0 unspecified atom stereocenters. The molecule has 160 valence electrons. The summed E-state index contributed by atoms with van der Waals surface area (Å²) in [4.78, 5) is 25.2. The molecule has 31 heavy (non-hydrogen) atoms. The van der Waals surface area contributed by atoms with Crippen molar-refractivity contribution in [1.29, 1.82) is 0 Å². The summed E-state index contributed by atoms with van der Waals surface area (Å²) in [6.07, 6.45) is 0. The Labute approximate surface area is 184 Å². The van der Waals surface area contributed by atoms with Crippen LogP contribution in [0.25, 0.3) is 0 Å². The molecule has 0 atom stereocenters. The minimum atomic E-state index is -0.401. The van der Waals surface area contributed by atoms with Crippen molar-refractivity contribution >= 4 is 34.8 Å². The molecule has 0 aliphatic rings. The molecule has 3 aromatic rings. The third-order valence-electron chi connectivity index (χ3n) is 4.44. The third-order valence-corrected chi connectivity index (χ3v) is 4.76. The number of methoxy groups -OCH3 is 3. The number of anilines is 2. The van der Waals surface area contributed by atoms with E-state index in [9.17, 15) is 9.59 Å². The molecule has 0 aromatic heterocycles. The maximum absolute atomic E-state index is 12.8. The highest BCUT2D eigenvalue weighted by Crippen LogP contribution is 2.38. The Kier molecular flexibility index (Phi) is 6.99. The number of carbonyl (C=O) groups excluding carboxylic acids is 2. The summed E-state index contributed by atoms with van der Waals surface area (Å²) in [5, 5.41) is 5.87. The molecule has 0 bridgehead atoms. The van der Waals surface area contributed by atoms with Crippen LogP contribution in [0.1, 0.15) is 20.7 Å². The minimum absolute atomic E-state index is 0.305. The van der Waals surface area contributed by atoms with Gasteiger partial charge in [-0.1, -0.05) is 29.8 Å². The van der Waals surface area contributed by atoms with Gasteiger partial charge in [0.05, 0.1) is 32.0 Å². The van der Waals surface area contributed by atoms with Gasteiger partial charge in [0.15, 0.2) is 11.5 Å². The average Bonchev–Trinajstić information content (AvgIpc) is 2.80. The maximum Gasteiger partial charge on any atom is 0.255 e. The quantitative estimate of drug-likeness (QED) is 0.547. The largest absolute Gasteiger partial charge is 0.493 e. The van der Waals surface area contributed by atoms with Crippen LogP contribution >= 0.6 is 11.6 Å². The van der Waals surface area contributed by atoms with Crippen LogP contribution in [0.2, 0.25) is 5.02 Å². The van der Waals surface area contributed by atoms with Crippen LogP contribution in [0.15, 0.2) is 60.7 Å². The highest BCUT2D eigenvalue weighted by Gasteiger charge is 2.17.